The van der Waals surface area contributed by atoms with Crippen molar-refractivity contribution in [2.75, 3.05) is 13.1 Å². The lowest BCUT2D eigenvalue weighted by Crippen LogP contribution is -2.39. The van der Waals surface area contributed by atoms with Gasteiger partial charge in [-0.25, -0.2) is 4.98 Å². The van der Waals surface area contributed by atoms with Gasteiger partial charge in [0.25, 0.3) is 11.7 Å². The number of H-pyrrole nitrogens is 1. The summed E-state index contributed by atoms with van der Waals surface area (Å²) in [4.78, 5) is 26.1. The van der Waals surface area contributed by atoms with E-state index in [2.05, 4.69) is 20.1 Å². The minimum Gasteiger partial charge on any atom is -0.351 e. The van der Waals surface area contributed by atoms with Crippen LogP contribution in [0.15, 0.2) is 36.7 Å². The number of likely N-dealkylation sites (tertiary alicyclic amines) is 1. The molecule has 160 valence electrons. The second kappa shape index (κ2) is 7.07. The highest BCUT2D eigenvalue weighted by Crippen LogP contribution is 2.33. The number of rotatable bonds is 2. The van der Waals surface area contributed by atoms with Gasteiger partial charge in [-0.05, 0) is 43.5 Å². The highest BCUT2D eigenvalue weighted by Gasteiger charge is 2.36. The molecule has 0 bridgehead atoms. The first kappa shape index (κ1) is 19.5. The Labute approximate surface area is 174 Å². The minimum absolute atomic E-state index is 0.0979. The van der Waals surface area contributed by atoms with E-state index in [-0.39, 0.29) is 23.3 Å². The van der Waals surface area contributed by atoms with Gasteiger partial charge in [0.15, 0.2) is 5.69 Å². The second-order valence-corrected chi connectivity index (χ2v) is 7.90. The number of aryl methyl sites for hydroxylation is 1. The fourth-order valence-corrected chi connectivity index (χ4v) is 4.17. The van der Waals surface area contributed by atoms with Crippen molar-refractivity contribution in [2.45, 2.75) is 31.9 Å². The number of aromatic amines is 1. The maximum atomic E-state index is 13.5. The molecule has 4 aromatic rings. The molecule has 1 aromatic carbocycles. The number of hydrogen-bond acceptors (Lipinski definition) is 4. The average Bonchev–Trinajstić information content (AvgIpc) is 3.38. The molecule has 1 saturated heterocycles. The lowest BCUT2D eigenvalue weighted by atomic mass is 9.94. The zero-order valence-corrected chi connectivity index (χ0v) is 16.6. The van der Waals surface area contributed by atoms with E-state index in [0.29, 0.717) is 36.1 Å². The number of hydrogen-bond donors (Lipinski definition) is 1. The SMILES string of the molecule is Cc1ccc2cc(C(=O)N3CCC[C@@H](c4cc(C(F)(F)F)n5ncnc5n4)C3)[nH]c2c1. The number of aromatic nitrogens is 5. The number of carbonyl (C=O) groups excluding carboxylic acids is 1. The molecule has 1 amide bonds. The highest BCUT2D eigenvalue weighted by atomic mass is 19.4. The Morgan fingerprint density at radius 2 is 2.06 bits per heavy atom. The third kappa shape index (κ3) is 3.51. The van der Waals surface area contributed by atoms with Crippen LogP contribution in [0.3, 0.4) is 0 Å². The molecule has 0 radical (unpaired) electrons. The van der Waals surface area contributed by atoms with Crippen molar-refractivity contribution in [1.82, 2.24) is 29.5 Å². The number of amides is 1. The molecular weight excluding hydrogens is 409 g/mol. The summed E-state index contributed by atoms with van der Waals surface area (Å²) in [5.74, 6) is -0.579. The normalized spacial score (nSPS) is 17.5. The van der Waals surface area contributed by atoms with Crippen LogP contribution in [0.5, 0.6) is 0 Å². The zero-order valence-electron chi connectivity index (χ0n) is 16.6. The molecule has 1 fully saturated rings. The molecule has 0 spiro atoms. The van der Waals surface area contributed by atoms with Crippen LogP contribution in [0.25, 0.3) is 16.7 Å². The molecule has 5 rings (SSSR count). The van der Waals surface area contributed by atoms with E-state index in [9.17, 15) is 18.0 Å². The summed E-state index contributed by atoms with van der Waals surface area (Å²) in [6, 6.07) is 8.73. The Morgan fingerprint density at radius 1 is 1.23 bits per heavy atom. The molecule has 1 N–H and O–H groups in total. The molecule has 1 aliphatic heterocycles. The summed E-state index contributed by atoms with van der Waals surface area (Å²) >= 11 is 0. The Bertz CT molecular complexity index is 1290. The standard InChI is InChI=1S/C21H19F3N6O/c1-12-4-5-13-8-17(27-15(13)7-12)19(31)29-6-2-3-14(10-29)16-9-18(21(22,23)24)30-20(28-16)25-11-26-30/h4-5,7-9,11,14,27H,2-3,6,10H2,1H3/t14-/m1/s1. The van der Waals surface area contributed by atoms with Gasteiger partial charge in [-0.3, -0.25) is 4.79 Å². The molecule has 0 unspecified atom stereocenters. The quantitative estimate of drug-likeness (QED) is 0.524. The highest BCUT2D eigenvalue weighted by molar-refractivity contribution is 5.98. The Hall–Kier alpha value is -3.43. The molecule has 7 nitrogen and oxygen atoms in total. The number of carbonyl (C=O) groups is 1. The zero-order chi connectivity index (χ0) is 21.8. The summed E-state index contributed by atoms with van der Waals surface area (Å²) in [5, 5.41) is 4.58. The van der Waals surface area contributed by atoms with Crippen LogP contribution in [-0.4, -0.2) is 48.5 Å². The van der Waals surface area contributed by atoms with Gasteiger partial charge in [0.1, 0.15) is 12.0 Å². The lowest BCUT2D eigenvalue weighted by Gasteiger charge is -2.32. The van der Waals surface area contributed by atoms with Crippen molar-refractivity contribution in [3.63, 3.8) is 0 Å². The largest absolute Gasteiger partial charge is 0.433 e. The van der Waals surface area contributed by atoms with Crippen molar-refractivity contribution in [2.24, 2.45) is 0 Å². The minimum atomic E-state index is -4.59. The first-order chi connectivity index (χ1) is 14.8. The van der Waals surface area contributed by atoms with Crippen molar-refractivity contribution in [3.05, 3.63) is 59.3 Å². The van der Waals surface area contributed by atoms with Gasteiger partial charge >= 0.3 is 6.18 Å². The topological polar surface area (TPSA) is 79.2 Å². The summed E-state index contributed by atoms with van der Waals surface area (Å²) in [5.41, 5.74) is 1.79. The number of nitrogens with one attached hydrogen (secondary N) is 1. The van der Waals surface area contributed by atoms with Gasteiger partial charge in [0.2, 0.25) is 0 Å². The fourth-order valence-electron chi connectivity index (χ4n) is 4.17. The third-order valence-electron chi connectivity index (χ3n) is 5.70. The molecule has 10 heteroatoms. The molecule has 3 aromatic heterocycles. The first-order valence-corrected chi connectivity index (χ1v) is 9.96. The maximum Gasteiger partial charge on any atom is 0.433 e. The van der Waals surface area contributed by atoms with E-state index in [1.54, 1.807) is 4.90 Å². The molecule has 0 aliphatic carbocycles. The van der Waals surface area contributed by atoms with Crippen LogP contribution >= 0.6 is 0 Å². The predicted octanol–water partition coefficient (Wildman–Crippen LogP) is 3.95. The van der Waals surface area contributed by atoms with Crippen LogP contribution in [0.1, 0.15) is 46.2 Å². The first-order valence-electron chi connectivity index (χ1n) is 9.96. The van der Waals surface area contributed by atoms with E-state index >= 15 is 0 Å². The van der Waals surface area contributed by atoms with Crippen molar-refractivity contribution in [3.8, 4) is 0 Å². The summed E-state index contributed by atoms with van der Waals surface area (Å²) in [7, 11) is 0. The van der Waals surface area contributed by atoms with Crippen LogP contribution in [-0.2, 0) is 6.18 Å². The number of nitrogens with zero attached hydrogens (tertiary/aromatic N) is 5. The monoisotopic (exact) mass is 428 g/mol. The van der Waals surface area contributed by atoms with Crippen LogP contribution in [0.2, 0.25) is 0 Å². The van der Waals surface area contributed by atoms with Gasteiger partial charge < -0.3 is 9.88 Å². The fraction of sp³-hybridized carbons (Fsp3) is 0.333. The van der Waals surface area contributed by atoms with E-state index in [1.165, 1.54) is 0 Å². The Balaban J connectivity index is 1.44. The van der Waals surface area contributed by atoms with Crippen molar-refractivity contribution in [1.29, 1.82) is 0 Å². The molecule has 1 atom stereocenters. The van der Waals surface area contributed by atoms with Gasteiger partial charge in [0.05, 0.1) is 5.69 Å². The molecule has 0 saturated carbocycles. The van der Waals surface area contributed by atoms with Gasteiger partial charge in [-0.2, -0.15) is 27.8 Å². The van der Waals surface area contributed by atoms with Crippen molar-refractivity contribution >= 4 is 22.6 Å². The average molecular weight is 428 g/mol. The molecular formula is C21H19F3N6O. The number of alkyl halides is 3. The Kier molecular flexibility index (Phi) is 4.45. The smallest absolute Gasteiger partial charge is 0.351 e. The van der Waals surface area contributed by atoms with E-state index < -0.39 is 11.9 Å². The van der Waals surface area contributed by atoms with Crippen LogP contribution < -0.4 is 0 Å². The van der Waals surface area contributed by atoms with E-state index in [0.717, 1.165) is 28.9 Å². The number of benzene rings is 1. The predicted molar refractivity (Wildman–Crippen MR) is 107 cm³/mol. The van der Waals surface area contributed by atoms with Gasteiger partial charge in [0, 0.05) is 29.9 Å². The summed E-state index contributed by atoms with van der Waals surface area (Å²) < 4.78 is 41.2. The maximum absolute atomic E-state index is 13.5. The Morgan fingerprint density at radius 3 is 2.87 bits per heavy atom. The van der Waals surface area contributed by atoms with E-state index in [4.69, 9.17) is 0 Å². The molecule has 1 aliphatic rings. The van der Waals surface area contributed by atoms with Crippen LogP contribution in [0, 0.1) is 6.92 Å². The van der Waals surface area contributed by atoms with Gasteiger partial charge in [-0.15, -0.1) is 0 Å². The van der Waals surface area contributed by atoms with E-state index in [1.807, 2.05) is 31.2 Å². The molecule has 31 heavy (non-hydrogen) atoms. The summed E-state index contributed by atoms with van der Waals surface area (Å²) in [6.45, 7) is 2.82. The lowest BCUT2D eigenvalue weighted by molar-refractivity contribution is -0.142. The van der Waals surface area contributed by atoms with Crippen molar-refractivity contribution < 1.29 is 18.0 Å². The summed E-state index contributed by atoms with van der Waals surface area (Å²) in [6.07, 6.45) is -2.22. The number of halogens is 3. The third-order valence-corrected chi connectivity index (χ3v) is 5.70. The second-order valence-electron chi connectivity index (χ2n) is 7.90. The molecule has 4 heterocycles. The number of piperidine rings is 1. The van der Waals surface area contributed by atoms with Gasteiger partial charge in [-0.1, -0.05) is 12.1 Å². The van der Waals surface area contributed by atoms with Crippen LogP contribution in [0.4, 0.5) is 13.2 Å². The number of fused-ring (bicyclic) bond motifs is 2.